The molecule has 2 aromatic carbocycles. The molecule has 19 heavy (non-hydrogen) atoms. The Morgan fingerprint density at radius 3 is 2.84 bits per heavy atom. The van der Waals surface area contributed by atoms with E-state index in [1.807, 2.05) is 31.2 Å². The lowest BCUT2D eigenvalue weighted by atomic mass is 10.2. The minimum absolute atomic E-state index is 0.449. The maximum absolute atomic E-state index is 5.72. The number of nitrogen functional groups attached to an aromatic ring is 1. The van der Waals surface area contributed by atoms with E-state index in [0.717, 1.165) is 15.7 Å². The molecule has 3 aromatic rings. The highest BCUT2D eigenvalue weighted by molar-refractivity contribution is 9.10. The third-order valence-corrected chi connectivity index (χ3v) is 3.43. The second-order valence-corrected chi connectivity index (χ2v) is 5.21. The van der Waals surface area contributed by atoms with Gasteiger partial charge in [-0.15, -0.1) is 0 Å². The molecule has 5 heteroatoms. The summed E-state index contributed by atoms with van der Waals surface area (Å²) in [5.41, 5.74) is 9.93. The van der Waals surface area contributed by atoms with Gasteiger partial charge in [0.05, 0.1) is 5.69 Å². The molecule has 0 atom stereocenters. The van der Waals surface area contributed by atoms with Gasteiger partial charge in [0, 0.05) is 10.2 Å². The van der Waals surface area contributed by atoms with E-state index in [1.54, 1.807) is 12.1 Å². The van der Waals surface area contributed by atoms with E-state index in [-0.39, 0.29) is 0 Å². The number of fused-ring (bicyclic) bond motifs is 1. The summed E-state index contributed by atoms with van der Waals surface area (Å²) in [6.07, 6.45) is 0. The third-order valence-electron chi connectivity index (χ3n) is 2.78. The lowest BCUT2D eigenvalue weighted by Crippen LogP contribution is -1.91. The number of hydrogen-bond acceptors (Lipinski definition) is 4. The smallest absolute Gasteiger partial charge is 0.300 e. The number of nitrogens with two attached hydrogens (primary N) is 1. The van der Waals surface area contributed by atoms with Gasteiger partial charge in [-0.1, -0.05) is 6.07 Å². The van der Waals surface area contributed by atoms with E-state index in [1.165, 1.54) is 5.56 Å². The van der Waals surface area contributed by atoms with Gasteiger partial charge in [0.15, 0.2) is 5.58 Å². The second kappa shape index (κ2) is 4.59. The molecule has 1 aromatic heterocycles. The van der Waals surface area contributed by atoms with E-state index >= 15 is 0 Å². The molecule has 0 aliphatic carbocycles. The Morgan fingerprint density at radius 1 is 1.21 bits per heavy atom. The van der Waals surface area contributed by atoms with Crippen LogP contribution in [-0.2, 0) is 0 Å². The van der Waals surface area contributed by atoms with Crippen LogP contribution in [0.5, 0.6) is 0 Å². The maximum Gasteiger partial charge on any atom is 0.300 e. The largest absolute Gasteiger partial charge is 0.423 e. The van der Waals surface area contributed by atoms with Crippen LogP contribution in [-0.4, -0.2) is 4.98 Å². The second-order valence-electron chi connectivity index (χ2n) is 4.35. The van der Waals surface area contributed by atoms with E-state index in [0.29, 0.717) is 17.3 Å². The lowest BCUT2D eigenvalue weighted by molar-refractivity contribution is 0.623. The zero-order valence-corrected chi connectivity index (χ0v) is 11.9. The molecular formula is C14H12BrN3O. The van der Waals surface area contributed by atoms with Crippen molar-refractivity contribution in [2.75, 3.05) is 11.1 Å². The molecule has 0 bridgehead atoms. The molecule has 3 rings (SSSR count). The van der Waals surface area contributed by atoms with Crippen molar-refractivity contribution < 1.29 is 4.42 Å². The zero-order chi connectivity index (χ0) is 13.4. The number of aromatic nitrogens is 1. The molecule has 0 saturated carbocycles. The molecule has 0 spiro atoms. The fraction of sp³-hybridized carbons (Fsp3) is 0.0714. The van der Waals surface area contributed by atoms with E-state index in [4.69, 9.17) is 10.2 Å². The molecule has 4 nitrogen and oxygen atoms in total. The van der Waals surface area contributed by atoms with Crippen molar-refractivity contribution in [2.45, 2.75) is 6.92 Å². The van der Waals surface area contributed by atoms with E-state index in [9.17, 15) is 0 Å². The van der Waals surface area contributed by atoms with Gasteiger partial charge in [0.25, 0.3) is 6.01 Å². The summed E-state index contributed by atoms with van der Waals surface area (Å²) in [6, 6.07) is 11.9. The predicted molar refractivity (Wildman–Crippen MR) is 80.6 cm³/mol. The van der Waals surface area contributed by atoms with Crippen molar-refractivity contribution in [1.82, 2.24) is 4.98 Å². The standard InChI is InChI=1S/C14H12BrN3O/c1-8-2-4-11(10(15)6-8)17-14-18-12-7-9(16)3-5-13(12)19-14/h2-7H,16H2,1H3,(H,17,18). The fourth-order valence-electron chi connectivity index (χ4n) is 1.83. The molecule has 1 heterocycles. The lowest BCUT2D eigenvalue weighted by Gasteiger charge is -2.04. The summed E-state index contributed by atoms with van der Waals surface area (Å²) in [4.78, 5) is 4.35. The number of aryl methyl sites for hydroxylation is 1. The molecule has 0 unspecified atom stereocenters. The van der Waals surface area contributed by atoms with Crippen LogP contribution >= 0.6 is 15.9 Å². The SMILES string of the molecule is Cc1ccc(Nc2nc3cc(N)ccc3o2)c(Br)c1. The van der Waals surface area contributed by atoms with Crippen LogP contribution in [0.15, 0.2) is 45.3 Å². The number of anilines is 3. The molecule has 0 aliphatic rings. The number of rotatable bonds is 2. The van der Waals surface area contributed by atoms with Crippen molar-refractivity contribution in [3.63, 3.8) is 0 Å². The molecule has 0 amide bonds. The van der Waals surface area contributed by atoms with Gasteiger partial charge in [-0.2, -0.15) is 4.98 Å². The number of nitrogens with zero attached hydrogens (tertiary/aromatic N) is 1. The number of nitrogens with one attached hydrogen (secondary N) is 1. The number of benzene rings is 2. The first-order valence-electron chi connectivity index (χ1n) is 5.81. The molecule has 0 radical (unpaired) electrons. The first-order valence-corrected chi connectivity index (χ1v) is 6.60. The normalized spacial score (nSPS) is 10.8. The van der Waals surface area contributed by atoms with Gasteiger partial charge in [-0.05, 0) is 58.7 Å². The van der Waals surface area contributed by atoms with Gasteiger partial charge < -0.3 is 15.5 Å². The summed E-state index contributed by atoms with van der Waals surface area (Å²) in [5, 5.41) is 3.14. The van der Waals surface area contributed by atoms with Crippen LogP contribution in [0, 0.1) is 6.92 Å². The first kappa shape index (κ1) is 12.0. The Kier molecular flexibility index (Phi) is 2.91. The van der Waals surface area contributed by atoms with Crippen molar-refractivity contribution in [3.05, 3.63) is 46.4 Å². The van der Waals surface area contributed by atoms with Gasteiger partial charge in [0.1, 0.15) is 5.52 Å². The molecular weight excluding hydrogens is 306 g/mol. The van der Waals surface area contributed by atoms with Crippen molar-refractivity contribution in [3.8, 4) is 0 Å². The third kappa shape index (κ3) is 2.42. The molecule has 3 N–H and O–H groups in total. The Bertz CT molecular complexity index is 752. The Morgan fingerprint density at radius 2 is 2.05 bits per heavy atom. The molecule has 0 fully saturated rings. The van der Waals surface area contributed by atoms with Crippen LogP contribution in [0.2, 0.25) is 0 Å². The quantitative estimate of drug-likeness (QED) is 0.694. The molecule has 0 saturated heterocycles. The van der Waals surface area contributed by atoms with Crippen LogP contribution in [0.25, 0.3) is 11.1 Å². The average Bonchev–Trinajstić information content (AvgIpc) is 2.74. The van der Waals surface area contributed by atoms with Gasteiger partial charge >= 0.3 is 0 Å². The highest BCUT2D eigenvalue weighted by Gasteiger charge is 2.08. The van der Waals surface area contributed by atoms with Crippen LogP contribution in [0.1, 0.15) is 5.56 Å². The Hall–Kier alpha value is -2.01. The summed E-state index contributed by atoms with van der Waals surface area (Å²) < 4.78 is 6.58. The first-order chi connectivity index (χ1) is 9.11. The van der Waals surface area contributed by atoms with Crippen molar-refractivity contribution in [2.24, 2.45) is 0 Å². The zero-order valence-electron chi connectivity index (χ0n) is 10.3. The Balaban J connectivity index is 1.96. The summed E-state index contributed by atoms with van der Waals surface area (Å²) in [5.74, 6) is 0. The highest BCUT2D eigenvalue weighted by Crippen LogP contribution is 2.28. The summed E-state index contributed by atoms with van der Waals surface area (Å²) in [6.45, 7) is 2.04. The van der Waals surface area contributed by atoms with Crippen LogP contribution in [0.3, 0.4) is 0 Å². The monoisotopic (exact) mass is 317 g/mol. The van der Waals surface area contributed by atoms with Gasteiger partial charge in [0.2, 0.25) is 0 Å². The number of halogens is 1. The van der Waals surface area contributed by atoms with Gasteiger partial charge in [-0.25, -0.2) is 0 Å². The topological polar surface area (TPSA) is 64.1 Å². The van der Waals surface area contributed by atoms with Crippen molar-refractivity contribution in [1.29, 1.82) is 0 Å². The molecule has 0 aliphatic heterocycles. The molecule has 96 valence electrons. The maximum atomic E-state index is 5.72. The van der Waals surface area contributed by atoms with E-state index < -0.39 is 0 Å². The van der Waals surface area contributed by atoms with Gasteiger partial charge in [-0.3, -0.25) is 0 Å². The number of hydrogen-bond donors (Lipinski definition) is 2. The predicted octanol–water partition coefficient (Wildman–Crippen LogP) is 4.22. The average molecular weight is 318 g/mol. The van der Waals surface area contributed by atoms with Crippen molar-refractivity contribution >= 4 is 44.4 Å². The highest BCUT2D eigenvalue weighted by atomic mass is 79.9. The van der Waals surface area contributed by atoms with E-state index in [2.05, 4.69) is 26.2 Å². The van der Waals surface area contributed by atoms with Crippen LogP contribution < -0.4 is 11.1 Å². The summed E-state index contributed by atoms with van der Waals surface area (Å²) in [7, 11) is 0. The Labute approximate surface area is 118 Å². The fourth-order valence-corrected chi connectivity index (χ4v) is 2.43. The number of oxazole rings is 1. The minimum atomic E-state index is 0.449. The van der Waals surface area contributed by atoms with Crippen LogP contribution in [0.4, 0.5) is 17.4 Å². The summed E-state index contributed by atoms with van der Waals surface area (Å²) >= 11 is 3.51. The minimum Gasteiger partial charge on any atom is -0.423 e.